The highest BCUT2D eigenvalue weighted by molar-refractivity contribution is 5.80. The Bertz CT molecular complexity index is 550. The zero-order valence-corrected chi connectivity index (χ0v) is 13.8. The Balaban J connectivity index is 1.41. The number of aliphatic hydroxyl groups is 1. The summed E-state index contributed by atoms with van der Waals surface area (Å²) < 4.78 is 18.4. The molecule has 1 amide bonds. The summed E-state index contributed by atoms with van der Waals surface area (Å²) in [5.74, 6) is -0.311. The number of nitrogens with one attached hydrogen (secondary N) is 1. The summed E-state index contributed by atoms with van der Waals surface area (Å²) in [7, 11) is 0. The summed E-state index contributed by atoms with van der Waals surface area (Å²) in [6.45, 7) is 3.53. The van der Waals surface area contributed by atoms with E-state index >= 15 is 0 Å². The third-order valence-electron chi connectivity index (χ3n) is 5.01. The van der Waals surface area contributed by atoms with Crippen LogP contribution >= 0.6 is 0 Å². The predicted octanol–water partition coefficient (Wildman–Crippen LogP) is 1.40. The summed E-state index contributed by atoms with van der Waals surface area (Å²) in [5, 5.41) is 13.7. The number of carbonyl (C=O) groups is 1. The maximum absolute atomic E-state index is 13.0. The zero-order chi connectivity index (χ0) is 17.0. The molecule has 0 aliphatic carbocycles. The summed E-state index contributed by atoms with van der Waals surface area (Å²) >= 11 is 0. The summed E-state index contributed by atoms with van der Waals surface area (Å²) in [6, 6.07) is 6.10. The highest BCUT2D eigenvalue weighted by Gasteiger charge is 2.33. The van der Waals surface area contributed by atoms with Crippen molar-refractivity contribution in [3.8, 4) is 0 Å². The Labute approximate surface area is 141 Å². The van der Waals surface area contributed by atoms with Crippen LogP contribution in [0.15, 0.2) is 24.3 Å². The number of ether oxygens (including phenoxy) is 1. The molecular formula is C18H25FN2O3. The molecular weight excluding hydrogens is 311 g/mol. The van der Waals surface area contributed by atoms with Crippen molar-refractivity contribution in [2.75, 3.05) is 32.8 Å². The summed E-state index contributed by atoms with van der Waals surface area (Å²) in [5.41, 5.74) is -0.110. The van der Waals surface area contributed by atoms with Gasteiger partial charge in [0, 0.05) is 32.8 Å². The van der Waals surface area contributed by atoms with Gasteiger partial charge in [0.25, 0.3) is 0 Å². The molecule has 0 aromatic heterocycles. The molecule has 3 rings (SSSR count). The normalized spacial score (nSPS) is 24.0. The Morgan fingerprint density at radius 1 is 1.33 bits per heavy atom. The van der Waals surface area contributed by atoms with E-state index < -0.39 is 5.60 Å². The molecule has 2 heterocycles. The number of likely N-dealkylation sites (tertiary alicyclic amines) is 1. The Hall–Kier alpha value is -1.50. The minimum Gasteiger partial charge on any atom is -0.385 e. The molecule has 2 fully saturated rings. The van der Waals surface area contributed by atoms with E-state index in [2.05, 4.69) is 10.2 Å². The lowest BCUT2D eigenvalue weighted by molar-refractivity contribution is -0.130. The van der Waals surface area contributed by atoms with E-state index in [4.69, 9.17) is 4.74 Å². The third-order valence-corrected chi connectivity index (χ3v) is 5.01. The molecule has 1 aromatic rings. The zero-order valence-electron chi connectivity index (χ0n) is 13.8. The SMILES string of the molecule is O=C(NCCN1CCC(O)(c2ccc(F)cc2)CC1)[C@@H]1CCCO1. The molecule has 0 bridgehead atoms. The number of hydrogen-bond acceptors (Lipinski definition) is 4. The minimum absolute atomic E-state index is 0.0210. The van der Waals surface area contributed by atoms with Gasteiger partial charge in [0.15, 0.2) is 0 Å². The highest BCUT2D eigenvalue weighted by Crippen LogP contribution is 2.32. The first-order chi connectivity index (χ1) is 11.6. The number of piperidine rings is 1. The number of carbonyl (C=O) groups excluding carboxylic acids is 1. The van der Waals surface area contributed by atoms with Crippen LogP contribution in [-0.4, -0.2) is 54.8 Å². The van der Waals surface area contributed by atoms with Gasteiger partial charge < -0.3 is 20.1 Å². The topological polar surface area (TPSA) is 61.8 Å². The summed E-state index contributed by atoms with van der Waals surface area (Å²) in [4.78, 5) is 14.1. The summed E-state index contributed by atoms with van der Waals surface area (Å²) in [6.07, 6.45) is 2.69. The van der Waals surface area contributed by atoms with Gasteiger partial charge in [-0.15, -0.1) is 0 Å². The van der Waals surface area contributed by atoms with Crippen LogP contribution in [0, 0.1) is 5.82 Å². The van der Waals surface area contributed by atoms with Crippen LogP contribution < -0.4 is 5.32 Å². The van der Waals surface area contributed by atoms with Gasteiger partial charge in [0.2, 0.25) is 5.91 Å². The molecule has 0 saturated carbocycles. The molecule has 6 heteroatoms. The molecule has 2 saturated heterocycles. The lowest BCUT2D eigenvalue weighted by atomic mass is 9.84. The number of rotatable bonds is 5. The first-order valence-electron chi connectivity index (χ1n) is 8.67. The second-order valence-electron chi connectivity index (χ2n) is 6.67. The molecule has 5 nitrogen and oxygen atoms in total. The van der Waals surface area contributed by atoms with Gasteiger partial charge in [0.1, 0.15) is 11.9 Å². The largest absolute Gasteiger partial charge is 0.385 e. The molecule has 24 heavy (non-hydrogen) atoms. The van der Waals surface area contributed by atoms with E-state index in [1.54, 1.807) is 12.1 Å². The molecule has 0 spiro atoms. The number of benzene rings is 1. The Morgan fingerprint density at radius 3 is 2.67 bits per heavy atom. The minimum atomic E-state index is -0.884. The van der Waals surface area contributed by atoms with Gasteiger partial charge in [-0.05, 0) is 43.4 Å². The maximum Gasteiger partial charge on any atom is 0.249 e. The number of nitrogens with zero attached hydrogens (tertiary/aromatic N) is 1. The average Bonchev–Trinajstić information content (AvgIpc) is 3.12. The molecule has 1 aromatic carbocycles. The fourth-order valence-electron chi connectivity index (χ4n) is 3.43. The smallest absolute Gasteiger partial charge is 0.249 e. The standard InChI is InChI=1S/C18H25FN2O3/c19-15-5-3-14(4-6-15)18(23)7-10-21(11-8-18)12-9-20-17(22)16-2-1-13-24-16/h3-6,16,23H,1-2,7-13H2,(H,20,22)/t16-/m0/s1. The number of hydrogen-bond donors (Lipinski definition) is 2. The Morgan fingerprint density at radius 2 is 2.04 bits per heavy atom. The first-order valence-corrected chi connectivity index (χ1v) is 8.67. The van der Waals surface area contributed by atoms with E-state index in [0.29, 0.717) is 26.0 Å². The van der Waals surface area contributed by atoms with Crippen LogP contribution in [-0.2, 0) is 15.1 Å². The first kappa shape index (κ1) is 17.3. The molecule has 1 atom stereocenters. The van der Waals surface area contributed by atoms with Crippen LogP contribution in [0.1, 0.15) is 31.2 Å². The molecule has 2 aliphatic rings. The van der Waals surface area contributed by atoms with Gasteiger partial charge in [0.05, 0.1) is 5.60 Å². The molecule has 0 unspecified atom stereocenters. The van der Waals surface area contributed by atoms with Crippen molar-refractivity contribution in [2.24, 2.45) is 0 Å². The van der Waals surface area contributed by atoms with E-state index in [0.717, 1.165) is 38.0 Å². The molecule has 2 aliphatic heterocycles. The molecule has 0 radical (unpaired) electrons. The predicted molar refractivity (Wildman–Crippen MR) is 88.0 cm³/mol. The second-order valence-corrected chi connectivity index (χ2v) is 6.67. The lowest BCUT2D eigenvalue weighted by Gasteiger charge is -2.38. The fraction of sp³-hybridized carbons (Fsp3) is 0.611. The van der Waals surface area contributed by atoms with Gasteiger partial charge in [-0.25, -0.2) is 4.39 Å². The van der Waals surface area contributed by atoms with Gasteiger partial charge in [-0.1, -0.05) is 12.1 Å². The molecule has 2 N–H and O–H groups in total. The van der Waals surface area contributed by atoms with Crippen LogP contribution in [0.25, 0.3) is 0 Å². The van der Waals surface area contributed by atoms with Crippen LogP contribution in [0.5, 0.6) is 0 Å². The van der Waals surface area contributed by atoms with E-state index in [1.807, 2.05) is 0 Å². The number of halogens is 1. The van der Waals surface area contributed by atoms with Gasteiger partial charge >= 0.3 is 0 Å². The van der Waals surface area contributed by atoms with Crippen LogP contribution in [0.3, 0.4) is 0 Å². The van der Waals surface area contributed by atoms with Crippen molar-refractivity contribution in [1.29, 1.82) is 0 Å². The monoisotopic (exact) mass is 336 g/mol. The van der Waals surface area contributed by atoms with Crippen molar-refractivity contribution < 1.29 is 19.0 Å². The van der Waals surface area contributed by atoms with E-state index in [9.17, 15) is 14.3 Å². The maximum atomic E-state index is 13.0. The fourth-order valence-corrected chi connectivity index (χ4v) is 3.43. The van der Waals surface area contributed by atoms with Crippen LogP contribution in [0.2, 0.25) is 0 Å². The Kier molecular flexibility index (Phi) is 5.48. The van der Waals surface area contributed by atoms with Gasteiger partial charge in [-0.3, -0.25) is 4.79 Å². The number of amides is 1. The third kappa shape index (κ3) is 4.12. The highest BCUT2D eigenvalue weighted by atomic mass is 19.1. The van der Waals surface area contributed by atoms with Crippen molar-refractivity contribution in [2.45, 2.75) is 37.4 Å². The van der Waals surface area contributed by atoms with Crippen molar-refractivity contribution in [1.82, 2.24) is 10.2 Å². The van der Waals surface area contributed by atoms with Crippen LogP contribution in [0.4, 0.5) is 4.39 Å². The van der Waals surface area contributed by atoms with E-state index in [-0.39, 0.29) is 17.8 Å². The van der Waals surface area contributed by atoms with Crippen molar-refractivity contribution in [3.05, 3.63) is 35.6 Å². The van der Waals surface area contributed by atoms with Crippen molar-refractivity contribution >= 4 is 5.91 Å². The quantitative estimate of drug-likeness (QED) is 0.853. The average molecular weight is 336 g/mol. The van der Waals surface area contributed by atoms with E-state index in [1.165, 1.54) is 12.1 Å². The molecule has 132 valence electrons. The van der Waals surface area contributed by atoms with Gasteiger partial charge in [-0.2, -0.15) is 0 Å². The lowest BCUT2D eigenvalue weighted by Crippen LogP contribution is -2.46. The second kappa shape index (κ2) is 7.59. The van der Waals surface area contributed by atoms with Crippen molar-refractivity contribution in [3.63, 3.8) is 0 Å².